The average Bonchev–Trinajstić information content (AvgIpc) is 2.63. The zero-order valence-electron chi connectivity index (χ0n) is 10.5. The molecule has 0 aliphatic rings. The van der Waals surface area contributed by atoms with Crippen LogP contribution in [0.25, 0.3) is 11.0 Å². The normalized spacial score (nSPS) is 11.6. The van der Waals surface area contributed by atoms with Gasteiger partial charge in [-0.3, -0.25) is 0 Å². The Hall–Kier alpha value is -1.06. The van der Waals surface area contributed by atoms with Crippen LogP contribution < -0.4 is 5.32 Å². The van der Waals surface area contributed by atoms with Gasteiger partial charge in [0.2, 0.25) is 0 Å². The summed E-state index contributed by atoms with van der Waals surface area (Å²) in [7, 11) is 0. The highest BCUT2D eigenvalue weighted by Crippen LogP contribution is 2.20. The summed E-state index contributed by atoms with van der Waals surface area (Å²) in [4.78, 5) is 4.64. The van der Waals surface area contributed by atoms with Gasteiger partial charge in [-0.05, 0) is 25.1 Å². The first kappa shape index (κ1) is 12.4. The molecule has 92 valence electrons. The monoisotopic (exact) mass is 251 g/mol. The molecule has 0 saturated heterocycles. The van der Waals surface area contributed by atoms with E-state index in [1.165, 1.54) is 0 Å². The quantitative estimate of drug-likeness (QED) is 0.904. The molecule has 0 amide bonds. The van der Waals surface area contributed by atoms with Crippen molar-refractivity contribution in [2.75, 3.05) is 0 Å². The molecule has 0 atom stereocenters. The Morgan fingerprint density at radius 2 is 2.18 bits per heavy atom. The van der Waals surface area contributed by atoms with Gasteiger partial charge in [0.25, 0.3) is 0 Å². The molecule has 0 unspecified atom stereocenters. The van der Waals surface area contributed by atoms with E-state index in [1.807, 2.05) is 18.2 Å². The molecule has 0 radical (unpaired) electrons. The van der Waals surface area contributed by atoms with Crippen LogP contribution in [0.1, 0.15) is 26.6 Å². The first-order valence-corrected chi connectivity index (χ1v) is 6.37. The minimum absolute atomic E-state index is 0.462. The molecule has 17 heavy (non-hydrogen) atoms. The molecule has 0 bridgehead atoms. The summed E-state index contributed by atoms with van der Waals surface area (Å²) in [5, 5.41) is 4.16. The van der Waals surface area contributed by atoms with Gasteiger partial charge in [0, 0.05) is 17.6 Å². The Kier molecular flexibility index (Phi) is 3.69. The summed E-state index contributed by atoms with van der Waals surface area (Å²) in [5.74, 6) is 1.07. The van der Waals surface area contributed by atoms with Crippen LogP contribution in [-0.2, 0) is 13.1 Å². The molecule has 1 aromatic heterocycles. The van der Waals surface area contributed by atoms with Crippen molar-refractivity contribution in [1.82, 2.24) is 14.9 Å². The number of nitrogens with zero attached hydrogens (tertiary/aromatic N) is 2. The number of aryl methyl sites for hydroxylation is 1. The average molecular weight is 252 g/mol. The van der Waals surface area contributed by atoms with Crippen LogP contribution in [-0.4, -0.2) is 15.6 Å². The van der Waals surface area contributed by atoms with E-state index in [-0.39, 0.29) is 0 Å². The molecule has 4 heteroatoms. The molecular weight excluding hydrogens is 234 g/mol. The Balaban J connectivity index is 2.41. The third kappa shape index (κ3) is 2.61. The summed E-state index contributed by atoms with van der Waals surface area (Å²) < 4.78 is 2.20. The summed E-state index contributed by atoms with van der Waals surface area (Å²) in [5.41, 5.74) is 2.12. The predicted octanol–water partition coefficient (Wildman–Crippen LogP) is 3.21. The highest BCUT2D eigenvalue weighted by Gasteiger charge is 2.09. The molecule has 0 saturated carbocycles. The maximum absolute atomic E-state index is 6.03. The molecule has 2 rings (SSSR count). The molecule has 3 nitrogen and oxygen atoms in total. The highest BCUT2D eigenvalue weighted by molar-refractivity contribution is 6.31. The van der Waals surface area contributed by atoms with Crippen LogP contribution in [0.5, 0.6) is 0 Å². The third-order valence-corrected chi connectivity index (χ3v) is 3.01. The largest absolute Gasteiger partial charge is 0.327 e. The fraction of sp³-hybridized carbons (Fsp3) is 0.462. The van der Waals surface area contributed by atoms with E-state index in [0.717, 1.165) is 35.0 Å². The van der Waals surface area contributed by atoms with Crippen LogP contribution in [0.2, 0.25) is 5.02 Å². The van der Waals surface area contributed by atoms with Gasteiger partial charge < -0.3 is 9.88 Å². The molecule has 1 heterocycles. The molecular formula is C13H18ClN3. The standard InChI is InChI=1S/C13H18ClN3/c1-4-17-12-7-10(14)5-6-11(12)16-13(17)8-15-9(2)3/h5-7,9,15H,4,8H2,1-3H3. The second kappa shape index (κ2) is 5.07. The Labute approximate surface area is 107 Å². The molecule has 0 aliphatic heterocycles. The zero-order chi connectivity index (χ0) is 12.4. The minimum atomic E-state index is 0.462. The van der Waals surface area contributed by atoms with Crippen molar-refractivity contribution < 1.29 is 0 Å². The fourth-order valence-electron chi connectivity index (χ4n) is 1.93. The van der Waals surface area contributed by atoms with Crippen molar-refractivity contribution in [3.8, 4) is 0 Å². The topological polar surface area (TPSA) is 29.9 Å². The first-order valence-electron chi connectivity index (χ1n) is 6.00. The predicted molar refractivity (Wildman–Crippen MR) is 72.4 cm³/mol. The van der Waals surface area contributed by atoms with Gasteiger partial charge in [-0.2, -0.15) is 0 Å². The lowest BCUT2D eigenvalue weighted by Gasteiger charge is -2.09. The molecule has 0 aliphatic carbocycles. The number of hydrogen-bond acceptors (Lipinski definition) is 2. The van der Waals surface area contributed by atoms with E-state index < -0.39 is 0 Å². The fourth-order valence-corrected chi connectivity index (χ4v) is 2.10. The smallest absolute Gasteiger partial charge is 0.123 e. The van der Waals surface area contributed by atoms with E-state index in [2.05, 4.69) is 35.6 Å². The van der Waals surface area contributed by atoms with Crippen molar-refractivity contribution in [2.45, 2.75) is 39.9 Å². The summed E-state index contributed by atoms with van der Waals surface area (Å²) in [6.07, 6.45) is 0. The van der Waals surface area contributed by atoms with E-state index in [0.29, 0.717) is 6.04 Å². The van der Waals surface area contributed by atoms with Crippen LogP contribution in [0.15, 0.2) is 18.2 Å². The van der Waals surface area contributed by atoms with E-state index in [4.69, 9.17) is 11.6 Å². The Bertz CT molecular complexity index is 517. The Morgan fingerprint density at radius 1 is 1.41 bits per heavy atom. The molecule has 0 spiro atoms. The number of hydrogen-bond donors (Lipinski definition) is 1. The van der Waals surface area contributed by atoms with Crippen LogP contribution in [0.4, 0.5) is 0 Å². The Morgan fingerprint density at radius 3 is 2.82 bits per heavy atom. The van der Waals surface area contributed by atoms with Gasteiger partial charge in [0.05, 0.1) is 17.6 Å². The van der Waals surface area contributed by atoms with Gasteiger partial charge in [0.15, 0.2) is 0 Å². The van der Waals surface area contributed by atoms with Gasteiger partial charge >= 0.3 is 0 Å². The SMILES string of the molecule is CCn1c(CNC(C)C)nc2ccc(Cl)cc21. The lowest BCUT2D eigenvalue weighted by Crippen LogP contribution is -2.23. The van der Waals surface area contributed by atoms with Crippen LogP contribution >= 0.6 is 11.6 Å². The van der Waals surface area contributed by atoms with Gasteiger partial charge in [-0.25, -0.2) is 4.98 Å². The molecule has 0 fully saturated rings. The van der Waals surface area contributed by atoms with Crippen molar-refractivity contribution in [1.29, 1.82) is 0 Å². The highest BCUT2D eigenvalue weighted by atomic mass is 35.5. The minimum Gasteiger partial charge on any atom is -0.327 e. The molecule has 1 aromatic carbocycles. The summed E-state index contributed by atoms with van der Waals surface area (Å²) in [6, 6.07) is 6.30. The van der Waals surface area contributed by atoms with Crippen molar-refractivity contribution in [3.05, 3.63) is 29.0 Å². The van der Waals surface area contributed by atoms with E-state index in [9.17, 15) is 0 Å². The van der Waals surface area contributed by atoms with Crippen molar-refractivity contribution >= 4 is 22.6 Å². The van der Waals surface area contributed by atoms with E-state index in [1.54, 1.807) is 0 Å². The maximum Gasteiger partial charge on any atom is 0.123 e. The van der Waals surface area contributed by atoms with Gasteiger partial charge in [0.1, 0.15) is 5.82 Å². The summed E-state index contributed by atoms with van der Waals surface area (Å²) in [6.45, 7) is 8.09. The molecule has 1 N–H and O–H groups in total. The van der Waals surface area contributed by atoms with Crippen molar-refractivity contribution in [2.24, 2.45) is 0 Å². The number of halogens is 1. The zero-order valence-corrected chi connectivity index (χ0v) is 11.3. The van der Waals surface area contributed by atoms with E-state index >= 15 is 0 Å². The number of fused-ring (bicyclic) bond motifs is 1. The second-order valence-corrected chi connectivity index (χ2v) is 4.88. The van der Waals surface area contributed by atoms with Gasteiger partial charge in [-0.1, -0.05) is 25.4 Å². The van der Waals surface area contributed by atoms with Crippen molar-refractivity contribution in [3.63, 3.8) is 0 Å². The second-order valence-electron chi connectivity index (χ2n) is 4.44. The number of benzene rings is 1. The van der Waals surface area contributed by atoms with Gasteiger partial charge in [-0.15, -0.1) is 0 Å². The number of nitrogens with one attached hydrogen (secondary N) is 1. The van der Waals surface area contributed by atoms with Crippen LogP contribution in [0, 0.1) is 0 Å². The lowest BCUT2D eigenvalue weighted by atomic mass is 10.3. The number of aromatic nitrogens is 2. The first-order chi connectivity index (χ1) is 8.11. The molecule has 2 aromatic rings. The van der Waals surface area contributed by atoms with Crippen LogP contribution in [0.3, 0.4) is 0 Å². The maximum atomic E-state index is 6.03. The number of imidazole rings is 1. The third-order valence-electron chi connectivity index (χ3n) is 2.77. The lowest BCUT2D eigenvalue weighted by molar-refractivity contribution is 0.554. The summed E-state index contributed by atoms with van der Waals surface area (Å²) >= 11 is 6.03. The number of rotatable bonds is 4.